The van der Waals surface area contributed by atoms with Gasteiger partial charge in [-0.3, -0.25) is 9.59 Å². The molecule has 142 valence electrons. The molecule has 1 rings (SSSR count). The number of thioether (sulfide) groups is 1. The molecule has 0 spiro atoms. The van der Waals surface area contributed by atoms with E-state index in [-0.39, 0.29) is 22.5 Å². The summed E-state index contributed by atoms with van der Waals surface area (Å²) < 4.78 is 5.70. The summed E-state index contributed by atoms with van der Waals surface area (Å²) in [5, 5.41) is 11.0. The van der Waals surface area contributed by atoms with Crippen LogP contribution in [-0.4, -0.2) is 33.9 Å². The van der Waals surface area contributed by atoms with Crippen molar-refractivity contribution in [1.29, 1.82) is 0 Å². The van der Waals surface area contributed by atoms with E-state index >= 15 is 0 Å². The molecule has 6 nitrogen and oxygen atoms in total. The lowest BCUT2D eigenvalue weighted by Gasteiger charge is -2.22. The molecule has 25 heavy (non-hydrogen) atoms. The molecule has 1 heterocycles. The quantitative estimate of drug-likeness (QED) is 0.385. The van der Waals surface area contributed by atoms with E-state index in [0.29, 0.717) is 34.8 Å². The maximum Gasteiger partial charge on any atom is 0.319 e. The molecule has 0 radical (unpaired) electrons. The van der Waals surface area contributed by atoms with Crippen LogP contribution in [0.5, 0.6) is 0 Å². The highest BCUT2D eigenvalue weighted by Crippen LogP contribution is 2.31. The molecule has 0 unspecified atom stereocenters. The Kier molecular flexibility index (Phi) is 8.85. The maximum absolute atomic E-state index is 12.1. The number of hydrogen-bond donors (Lipinski definition) is 1. The summed E-state index contributed by atoms with van der Waals surface area (Å²) in [6.45, 7) is 12.7. The van der Waals surface area contributed by atoms with Crippen molar-refractivity contribution in [2.75, 3.05) is 11.9 Å². The Morgan fingerprint density at radius 3 is 2.52 bits per heavy atom. The van der Waals surface area contributed by atoms with Crippen molar-refractivity contribution < 1.29 is 14.3 Å². The molecular weight excluding hydrogens is 358 g/mol. The third kappa shape index (κ3) is 8.67. The Morgan fingerprint density at radius 1 is 1.28 bits per heavy atom. The minimum absolute atomic E-state index is 0.0538. The van der Waals surface area contributed by atoms with Gasteiger partial charge in [0.2, 0.25) is 11.0 Å². The van der Waals surface area contributed by atoms with Crippen LogP contribution < -0.4 is 5.32 Å². The largest absolute Gasteiger partial charge is 0.465 e. The number of anilines is 1. The summed E-state index contributed by atoms with van der Waals surface area (Å²) in [6.07, 6.45) is 2.09. The van der Waals surface area contributed by atoms with E-state index in [9.17, 15) is 9.59 Å². The van der Waals surface area contributed by atoms with Crippen molar-refractivity contribution in [3.05, 3.63) is 0 Å². The Labute approximate surface area is 158 Å². The molecule has 0 aliphatic rings. The Balaban J connectivity index is 2.54. The van der Waals surface area contributed by atoms with E-state index in [4.69, 9.17) is 4.74 Å². The lowest BCUT2D eigenvalue weighted by molar-refractivity contribution is -0.142. The van der Waals surface area contributed by atoms with Gasteiger partial charge in [-0.05, 0) is 31.1 Å². The molecule has 0 bridgehead atoms. The van der Waals surface area contributed by atoms with Gasteiger partial charge in [0.25, 0.3) is 0 Å². The van der Waals surface area contributed by atoms with Crippen LogP contribution in [0.2, 0.25) is 0 Å². The SMILES string of the molecule is CCOC(=O)[C@@H](CC)Sc1nnc(NC(=O)C[C@H](C)CC(C)(C)C)s1. The molecule has 2 atom stereocenters. The topological polar surface area (TPSA) is 81.2 Å². The van der Waals surface area contributed by atoms with Crippen molar-refractivity contribution in [1.82, 2.24) is 10.2 Å². The first kappa shape index (κ1) is 21.9. The van der Waals surface area contributed by atoms with E-state index in [1.54, 1.807) is 6.92 Å². The van der Waals surface area contributed by atoms with Gasteiger partial charge in [-0.1, -0.05) is 57.7 Å². The molecular formula is C17H29N3O3S2. The minimum atomic E-state index is -0.303. The molecule has 0 aliphatic carbocycles. The summed E-state index contributed by atoms with van der Waals surface area (Å²) in [5.74, 6) is 0.00345. The lowest BCUT2D eigenvalue weighted by atomic mass is 9.84. The number of nitrogens with one attached hydrogen (secondary N) is 1. The molecule has 0 aromatic carbocycles. The average Bonchev–Trinajstić information content (AvgIpc) is 2.89. The highest BCUT2D eigenvalue weighted by atomic mass is 32.2. The second-order valence-corrected chi connectivity index (χ2v) is 9.69. The molecule has 1 amide bonds. The van der Waals surface area contributed by atoms with Crippen molar-refractivity contribution >= 4 is 40.1 Å². The van der Waals surface area contributed by atoms with Gasteiger partial charge < -0.3 is 10.1 Å². The van der Waals surface area contributed by atoms with Crippen LogP contribution in [0.15, 0.2) is 4.34 Å². The second kappa shape index (κ2) is 10.1. The van der Waals surface area contributed by atoms with Gasteiger partial charge in [0.1, 0.15) is 5.25 Å². The number of rotatable bonds is 9. The van der Waals surface area contributed by atoms with Gasteiger partial charge in [0.15, 0.2) is 4.34 Å². The van der Waals surface area contributed by atoms with Crippen molar-refractivity contribution in [3.8, 4) is 0 Å². The van der Waals surface area contributed by atoms with E-state index in [1.165, 1.54) is 23.1 Å². The van der Waals surface area contributed by atoms with Crippen LogP contribution in [-0.2, 0) is 14.3 Å². The smallest absolute Gasteiger partial charge is 0.319 e. The Hall–Kier alpha value is -1.15. The third-order valence-electron chi connectivity index (χ3n) is 3.31. The first-order chi connectivity index (χ1) is 11.6. The lowest BCUT2D eigenvalue weighted by Crippen LogP contribution is -2.19. The molecule has 0 saturated carbocycles. The fourth-order valence-electron chi connectivity index (χ4n) is 2.57. The highest BCUT2D eigenvalue weighted by Gasteiger charge is 2.22. The first-order valence-corrected chi connectivity index (χ1v) is 10.3. The predicted molar refractivity (Wildman–Crippen MR) is 103 cm³/mol. The molecule has 1 aromatic rings. The number of carbonyl (C=O) groups excluding carboxylic acids is 2. The number of carbonyl (C=O) groups is 2. The van der Waals surface area contributed by atoms with Crippen molar-refractivity contribution in [2.24, 2.45) is 11.3 Å². The van der Waals surface area contributed by atoms with Crippen LogP contribution in [0.3, 0.4) is 0 Å². The van der Waals surface area contributed by atoms with Gasteiger partial charge in [0.05, 0.1) is 6.61 Å². The molecule has 0 fully saturated rings. The zero-order valence-electron chi connectivity index (χ0n) is 15.9. The summed E-state index contributed by atoms with van der Waals surface area (Å²) in [7, 11) is 0. The standard InChI is InChI=1S/C17H29N3O3S2/c1-7-12(14(22)23-8-2)24-16-20-19-15(25-16)18-13(21)9-11(3)10-17(4,5)6/h11-12H,7-10H2,1-6H3,(H,18,19,21)/t11-,12+/m0/s1. The zero-order valence-corrected chi connectivity index (χ0v) is 17.6. The normalized spacial score (nSPS) is 14.0. The van der Waals surface area contributed by atoms with Crippen LogP contribution in [0.25, 0.3) is 0 Å². The molecule has 8 heteroatoms. The zero-order chi connectivity index (χ0) is 19.0. The molecule has 1 N–H and O–H groups in total. The summed E-state index contributed by atoms with van der Waals surface area (Å²) in [5.41, 5.74) is 0.203. The van der Waals surface area contributed by atoms with E-state index in [0.717, 1.165) is 6.42 Å². The summed E-state index contributed by atoms with van der Waals surface area (Å²) in [6, 6.07) is 0. The van der Waals surface area contributed by atoms with Gasteiger partial charge in [-0.2, -0.15) is 0 Å². The number of esters is 1. The minimum Gasteiger partial charge on any atom is -0.465 e. The fourth-order valence-corrected chi connectivity index (χ4v) is 4.50. The number of hydrogen-bond acceptors (Lipinski definition) is 7. The molecule has 0 saturated heterocycles. The van der Waals surface area contributed by atoms with Gasteiger partial charge in [-0.15, -0.1) is 10.2 Å². The highest BCUT2D eigenvalue weighted by molar-refractivity contribution is 8.02. The van der Waals surface area contributed by atoms with E-state index in [1.807, 2.05) is 6.92 Å². The maximum atomic E-state index is 12.1. The number of nitrogens with zero attached hydrogens (tertiary/aromatic N) is 2. The van der Waals surface area contributed by atoms with Crippen LogP contribution in [0.4, 0.5) is 5.13 Å². The van der Waals surface area contributed by atoms with Gasteiger partial charge in [-0.25, -0.2) is 0 Å². The first-order valence-electron chi connectivity index (χ1n) is 8.61. The fraction of sp³-hybridized carbons (Fsp3) is 0.765. The number of ether oxygens (including phenoxy) is 1. The van der Waals surface area contributed by atoms with Crippen LogP contribution in [0.1, 0.15) is 60.8 Å². The number of amides is 1. The monoisotopic (exact) mass is 387 g/mol. The van der Waals surface area contributed by atoms with Gasteiger partial charge in [0, 0.05) is 6.42 Å². The average molecular weight is 388 g/mol. The summed E-state index contributed by atoms with van der Waals surface area (Å²) >= 11 is 2.61. The number of aromatic nitrogens is 2. The van der Waals surface area contributed by atoms with Crippen molar-refractivity contribution in [2.45, 2.75) is 70.4 Å². The van der Waals surface area contributed by atoms with Crippen molar-refractivity contribution in [3.63, 3.8) is 0 Å². The molecule has 1 aromatic heterocycles. The summed E-state index contributed by atoms with van der Waals surface area (Å²) in [4.78, 5) is 24.0. The second-order valence-electron chi connectivity index (χ2n) is 7.26. The third-order valence-corrected chi connectivity index (χ3v) is 5.58. The molecule has 0 aliphatic heterocycles. The predicted octanol–water partition coefficient (Wildman–Crippen LogP) is 4.37. The van der Waals surface area contributed by atoms with Crippen LogP contribution >= 0.6 is 23.1 Å². The van der Waals surface area contributed by atoms with Crippen LogP contribution in [0, 0.1) is 11.3 Å². The van der Waals surface area contributed by atoms with E-state index in [2.05, 4.69) is 43.2 Å². The Bertz CT molecular complexity index is 570. The Morgan fingerprint density at radius 2 is 1.96 bits per heavy atom. The van der Waals surface area contributed by atoms with Gasteiger partial charge >= 0.3 is 5.97 Å². The van der Waals surface area contributed by atoms with E-state index < -0.39 is 0 Å².